The zero-order valence-electron chi connectivity index (χ0n) is 8.55. The van der Waals surface area contributed by atoms with Crippen LogP contribution in [-0.2, 0) is 0 Å². The maximum Gasteiger partial charge on any atom is 0.120 e. The summed E-state index contributed by atoms with van der Waals surface area (Å²) in [6, 6.07) is 4.24. The molecule has 1 aromatic heterocycles. The van der Waals surface area contributed by atoms with Gasteiger partial charge in [-0.25, -0.2) is 0 Å². The van der Waals surface area contributed by atoms with Crippen LogP contribution in [0.25, 0.3) is 0 Å². The Kier molecular flexibility index (Phi) is 3.32. The average Bonchev–Trinajstić information content (AvgIpc) is 2.47. The fourth-order valence-electron chi connectivity index (χ4n) is 1.11. The molecule has 1 rings (SSSR count). The minimum Gasteiger partial charge on any atom is -0.465 e. The van der Waals surface area contributed by atoms with Crippen LogP contribution in [0.2, 0.25) is 0 Å². The Morgan fingerprint density at radius 1 is 1.62 bits per heavy atom. The molecule has 1 N–H and O–H groups in total. The van der Waals surface area contributed by atoms with Crippen molar-refractivity contribution in [2.75, 3.05) is 6.54 Å². The Bertz CT molecular complexity index is 288. The fraction of sp³-hybridized carbons (Fsp3) is 0.455. The standard InChI is InChI=1S/C11H17NO/c1-8(2)7-12-10(4)11-6-5-9(3)13-11/h5-6,10,12H,1,7H2,2-4H3. The maximum absolute atomic E-state index is 5.49. The molecule has 0 radical (unpaired) electrons. The number of furan rings is 1. The van der Waals surface area contributed by atoms with Crippen molar-refractivity contribution >= 4 is 0 Å². The zero-order valence-corrected chi connectivity index (χ0v) is 8.55. The van der Waals surface area contributed by atoms with Crippen molar-refractivity contribution in [3.63, 3.8) is 0 Å². The number of nitrogens with one attached hydrogen (secondary N) is 1. The quantitative estimate of drug-likeness (QED) is 0.719. The van der Waals surface area contributed by atoms with Crippen LogP contribution in [0.5, 0.6) is 0 Å². The summed E-state index contributed by atoms with van der Waals surface area (Å²) >= 11 is 0. The Hall–Kier alpha value is -1.02. The molecule has 0 spiro atoms. The van der Waals surface area contributed by atoms with Crippen molar-refractivity contribution in [3.05, 3.63) is 35.8 Å². The van der Waals surface area contributed by atoms with Crippen molar-refractivity contribution in [3.8, 4) is 0 Å². The van der Waals surface area contributed by atoms with Gasteiger partial charge in [-0.3, -0.25) is 0 Å². The molecule has 0 bridgehead atoms. The van der Waals surface area contributed by atoms with Crippen LogP contribution in [0.15, 0.2) is 28.7 Å². The summed E-state index contributed by atoms with van der Waals surface area (Å²) in [6.45, 7) is 10.7. The van der Waals surface area contributed by atoms with E-state index in [2.05, 4.69) is 18.8 Å². The third-order valence-corrected chi connectivity index (χ3v) is 1.90. The Labute approximate surface area is 79.6 Å². The van der Waals surface area contributed by atoms with Crippen molar-refractivity contribution in [1.82, 2.24) is 5.32 Å². The largest absolute Gasteiger partial charge is 0.465 e. The number of hydrogen-bond donors (Lipinski definition) is 1. The third kappa shape index (κ3) is 3.07. The van der Waals surface area contributed by atoms with Crippen LogP contribution in [0.4, 0.5) is 0 Å². The molecular weight excluding hydrogens is 162 g/mol. The van der Waals surface area contributed by atoms with E-state index in [1.54, 1.807) is 0 Å². The van der Waals surface area contributed by atoms with Gasteiger partial charge in [0.05, 0.1) is 6.04 Å². The van der Waals surface area contributed by atoms with Crippen LogP contribution in [0.1, 0.15) is 31.4 Å². The van der Waals surface area contributed by atoms with Gasteiger partial charge in [-0.1, -0.05) is 12.2 Å². The second-order valence-corrected chi connectivity index (χ2v) is 3.51. The summed E-state index contributed by atoms with van der Waals surface area (Å²) in [5.74, 6) is 1.94. The van der Waals surface area contributed by atoms with Crippen molar-refractivity contribution in [1.29, 1.82) is 0 Å². The molecule has 2 heteroatoms. The van der Waals surface area contributed by atoms with Crippen molar-refractivity contribution < 1.29 is 4.42 Å². The highest BCUT2D eigenvalue weighted by atomic mass is 16.3. The van der Waals surface area contributed by atoms with E-state index in [9.17, 15) is 0 Å². The smallest absolute Gasteiger partial charge is 0.120 e. The highest BCUT2D eigenvalue weighted by Crippen LogP contribution is 2.15. The highest BCUT2D eigenvalue weighted by molar-refractivity contribution is 5.09. The van der Waals surface area contributed by atoms with Gasteiger partial charge in [0.15, 0.2) is 0 Å². The average molecular weight is 179 g/mol. The molecule has 0 amide bonds. The van der Waals surface area contributed by atoms with E-state index < -0.39 is 0 Å². The summed E-state index contributed by atoms with van der Waals surface area (Å²) in [5, 5.41) is 3.32. The normalized spacial score (nSPS) is 12.8. The Morgan fingerprint density at radius 3 is 2.77 bits per heavy atom. The molecule has 0 saturated heterocycles. The second kappa shape index (κ2) is 4.28. The van der Waals surface area contributed by atoms with Gasteiger partial charge in [-0.2, -0.15) is 0 Å². The molecule has 2 nitrogen and oxygen atoms in total. The molecule has 1 unspecified atom stereocenters. The summed E-state index contributed by atoms with van der Waals surface area (Å²) in [7, 11) is 0. The number of rotatable bonds is 4. The summed E-state index contributed by atoms with van der Waals surface area (Å²) in [4.78, 5) is 0. The molecule has 0 aliphatic carbocycles. The lowest BCUT2D eigenvalue weighted by molar-refractivity contribution is 0.424. The minimum atomic E-state index is 0.255. The summed E-state index contributed by atoms with van der Waals surface area (Å²) in [5.41, 5.74) is 1.13. The maximum atomic E-state index is 5.49. The third-order valence-electron chi connectivity index (χ3n) is 1.90. The Balaban J connectivity index is 2.48. The summed E-state index contributed by atoms with van der Waals surface area (Å²) in [6.07, 6.45) is 0. The first-order valence-electron chi connectivity index (χ1n) is 4.53. The SMILES string of the molecule is C=C(C)CNC(C)c1ccc(C)o1. The monoisotopic (exact) mass is 179 g/mol. The van der Waals surface area contributed by atoms with Gasteiger partial charge in [-0.15, -0.1) is 0 Å². The predicted molar refractivity (Wildman–Crippen MR) is 54.7 cm³/mol. The van der Waals surface area contributed by atoms with E-state index in [-0.39, 0.29) is 6.04 Å². The Morgan fingerprint density at radius 2 is 2.31 bits per heavy atom. The highest BCUT2D eigenvalue weighted by Gasteiger charge is 2.07. The van der Waals surface area contributed by atoms with Gasteiger partial charge in [0, 0.05) is 6.54 Å². The lowest BCUT2D eigenvalue weighted by Crippen LogP contribution is -2.19. The lowest BCUT2D eigenvalue weighted by Gasteiger charge is -2.10. The minimum absolute atomic E-state index is 0.255. The molecule has 1 heterocycles. The van der Waals surface area contributed by atoms with E-state index in [1.165, 1.54) is 0 Å². The lowest BCUT2D eigenvalue weighted by atomic mass is 10.2. The van der Waals surface area contributed by atoms with Crippen LogP contribution in [-0.4, -0.2) is 6.54 Å². The molecule has 72 valence electrons. The van der Waals surface area contributed by atoms with Gasteiger partial charge >= 0.3 is 0 Å². The zero-order chi connectivity index (χ0) is 9.84. The molecule has 1 atom stereocenters. The summed E-state index contributed by atoms with van der Waals surface area (Å²) < 4.78 is 5.49. The molecule has 13 heavy (non-hydrogen) atoms. The molecular formula is C11H17NO. The van der Waals surface area contributed by atoms with Gasteiger partial charge in [0.1, 0.15) is 11.5 Å². The van der Waals surface area contributed by atoms with E-state index in [0.717, 1.165) is 23.6 Å². The van der Waals surface area contributed by atoms with E-state index in [4.69, 9.17) is 4.42 Å². The van der Waals surface area contributed by atoms with E-state index >= 15 is 0 Å². The van der Waals surface area contributed by atoms with Gasteiger partial charge in [-0.05, 0) is 32.9 Å². The molecule has 0 aliphatic heterocycles. The van der Waals surface area contributed by atoms with E-state index in [1.807, 2.05) is 26.0 Å². The second-order valence-electron chi connectivity index (χ2n) is 3.51. The molecule has 0 aliphatic rings. The predicted octanol–water partition coefficient (Wildman–Crippen LogP) is 2.81. The van der Waals surface area contributed by atoms with Crippen LogP contribution in [0, 0.1) is 6.92 Å². The molecule has 0 saturated carbocycles. The van der Waals surface area contributed by atoms with Crippen LogP contribution >= 0.6 is 0 Å². The molecule has 0 fully saturated rings. The van der Waals surface area contributed by atoms with Gasteiger partial charge < -0.3 is 9.73 Å². The number of hydrogen-bond acceptors (Lipinski definition) is 2. The van der Waals surface area contributed by atoms with E-state index in [0.29, 0.717) is 0 Å². The first kappa shape index (κ1) is 10.1. The first-order chi connectivity index (χ1) is 6.09. The molecule has 0 aromatic carbocycles. The van der Waals surface area contributed by atoms with Crippen LogP contribution in [0.3, 0.4) is 0 Å². The fourth-order valence-corrected chi connectivity index (χ4v) is 1.11. The van der Waals surface area contributed by atoms with Crippen LogP contribution < -0.4 is 5.32 Å². The van der Waals surface area contributed by atoms with Gasteiger partial charge in [0.25, 0.3) is 0 Å². The number of aryl methyl sites for hydroxylation is 1. The van der Waals surface area contributed by atoms with Crippen molar-refractivity contribution in [2.45, 2.75) is 26.8 Å². The van der Waals surface area contributed by atoms with Gasteiger partial charge in [0.2, 0.25) is 0 Å². The first-order valence-corrected chi connectivity index (χ1v) is 4.53. The molecule has 1 aromatic rings. The topological polar surface area (TPSA) is 25.2 Å². The van der Waals surface area contributed by atoms with Crippen molar-refractivity contribution in [2.24, 2.45) is 0 Å².